The third-order valence-electron chi connectivity index (χ3n) is 0.928. The highest BCUT2D eigenvalue weighted by atomic mass is 32.1. The van der Waals surface area contributed by atoms with Crippen LogP contribution in [0, 0.1) is 18.3 Å². The Morgan fingerprint density at radius 2 is 2.60 bits per heavy atom. The maximum atomic E-state index is 10.8. The molecule has 0 aliphatic carbocycles. The molecule has 1 rings (SSSR count). The van der Waals surface area contributed by atoms with Crippen molar-refractivity contribution in [3.05, 3.63) is 14.7 Å². The van der Waals surface area contributed by atoms with Crippen molar-refractivity contribution in [3.8, 4) is 6.07 Å². The first-order valence-electron chi connectivity index (χ1n) is 2.65. The van der Waals surface area contributed by atoms with Crippen LogP contribution >= 0.6 is 11.3 Å². The summed E-state index contributed by atoms with van der Waals surface area (Å²) in [6.07, 6.45) is 0. The largest absolute Gasteiger partial charge is 0.326 e. The quantitative estimate of drug-likeness (QED) is 0.579. The normalized spacial score (nSPS) is 9.20. The molecule has 0 bridgehead atoms. The molecule has 10 heavy (non-hydrogen) atoms. The van der Waals surface area contributed by atoms with Crippen molar-refractivity contribution in [1.29, 1.82) is 5.26 Å². The zero-order chi connectivity index (χ0) is 7.56. The molecule has 0 atom stereocenters. The zero-order valence-electron chi connectivity index (χ0n) is 5.37. The molecule has 1 aromatic heterocycles. The molecule has 0 radical (unpaired) electrons. The number of nitriles is 1. The van der Waals surface area contributed by atoms with Crippen LogP contribution in [-0.2, 0) is 6.54 Å². The SMILES string of the molecule is Cc1nn(CC#N)c(=O)s1. The van der Waals surface area contributed by atoms with Gasteiger partial charge in [0, 0.05) is 0 Å². The minimum atomic E-state index is -0.168. The minimum absolute atomic E-state index is 0.0448. The van der Waals surface area contributed by atoms with E-state index in [1.807, 2.05) is 6.07 Å². The van der Waals surface area contributed by atoms with Crippen molar-refractivity contribution in [3.63, 3.8) is 0 Å². The Labute approximate surface area is 61.3 Å². The molecular weight excluding hydrogens is 150 g/mol. The summed E-state index contributed by atoms with van der Waals surface area (Å²) in [4.78, 5) is 10.6. The van der Waals surface area contributed by atoms with Gasteiger partial charge in [-0.15, -0.1) is 0 Å². The molecule has 0 unspecified atom stereocenters. The summed E-state index contributed by atoms with van der Waals surface area (Å²) < 4.78 is 1.15. The predicted molar refractivity (Wildman–Crippen MR) is 36.7 cm³/mol. The number of aryl methyl sites for hydroxylation is 1. The highest BCUT2D eigenvalue weighted by Gasteiger charge is 1.99. The first-order valence-corrected chi connectivity index (χ1v) is 3.47. The molecule has 0 saturated carbocycles. The second-order valence-electron chi connectivity index (χ2n) is 1.70. The summed E-state index contributed by atoms with van der Waals surface area (Å²) in [5.41, 5.74) is 0. The zero-order valence-corrected chi connectivity index (χ0v) is 6.18. The summed E-state index contributed by atoms with van der Waals surface area (Å²) in [6, 6.07) is 1.85. The standard InChI is InChI=1S/C5H5N3OS/c1-4-7-8(3-2-6)5(9)10-4/h3H2,1H3. The van der Waals surface area contributed by atoms with Gasteiger partial charge in [0.05, 0.1) is 6.07 Å². The van der Waals surface area contributed by atoms with E-state index in [4.69, 9.17) is 5.26 Å². The lowest BCUT2D eigenvalue weighted by atomic mass is 10.7. The van der Waals surface area contributed by atoms with Gasteiger partial charge in [-0.05, 0) is 6.92 Å². The minimum Gasteiger partial charge on any atom is -0.255 e. The summed E-state index contributed by atoms with van der Waals surface area (Å²) in [7, 11) is 0. The van der Waals surface area contributed by atoms with Crippen LogP contribution in [-0.4, -0.2) is 9.78 Å². The Morgan fingerprint density at radius 3 is 3.00 bits per heavy atom. The van der Waals surface area contributed by atoms with Crippen LogP contribution in [0.2, 0.25) is 0 Å². The van der Waals surface area contributed by atoms with E-state index < -0.39 is 0 Å². The summed E-state index contributed by atoms with van der Waals surface area (Å²) in [6.45, 7) is 1.78. The van der Waals surface area contributed by atoms with Crippen molar-refractivity contribution >= 4 is 11.3 Å². The molecule has 4 nitrogen and oxygen atoms in total. The van der Waals surface area contributed by atoms with E-state index in [1.54, 1.807) is 6.92 Å². The molecule has 0 aromatic carbocycles. The van der Waals surface area contributed by atoms with Gasteiger partial charge in [0.1, 0.15) is 11.6 Å². The van der Waals surface area contributed by atoms with E-state index in [2.05, 4.69) is 5.10 Å². The van der Waals surface area contributed by atoms with E-state index in [-0.39, 0.29) is 11.4 Å². The van der Waals surface area contributed by atoms with Gasteiger partial charge < -0.3 is 0 Å². The molecule has 0 fully saturated rings. The lowest BCUT2D eigenvalue weighted by molar-refractivity contribution is 0.680. The number of aromatic nitrogens is 2. The molecule has 1 heterocycles. The van der Waals surface area contributed by atoms with Crippen molar-refractivity contribution in [2.75, 3.05) is 0 Å². The van der Waals surface area contributed by atoms with Gasteiger partial charge in [0.15, 0.2) is 0 Å². The van der Waals surface area contributed by atoms with Crippen molar-refractivity contribution in [1.82, 2.24) is 9.78 Å². The Hall–Kier alpha value is -1.15. The Balaban J connectivity index is 3.06. The summed E-state index contributed by atoms with van der Waals surface area (Å²) in [5, 5.41) is 12.7. The molecule has 1 aromatic rings. The van der Waals surface area contributed by atoms with Gasteiger partial charge >= 0.3 is 4.87 Å². The first kappa shape index (κ1) is 6.96. The van der Waals surface area contributed by atoms with Crippen LogP contribution < -0.4 is 4.87 Å². The monoisotopic (exact) mass is 155 g/mol. The highest BCUT2D eigenvalue weighted by molar-refractivity contribution is 7.08. The smallest absolute Gasteiger partial charge is 0.255 e. The van der Waals surface area contributed by atoms with E-state index in [1.165, 1.54) is 0 Å². The van der Waals surface area contributed by atoms with Crippen molar-refractivity contribution in [2.24, 2.45) is 0 Å². The van der Waals surface area contributed by atoms with Crippen LogP contribution in [0.5, 0.6) is 0 Å². The van der Waals surface area contributed by atoms with Crippen LogP contribution in [0.25, 0.3) is 0 Å². The fraction of sp³-hybridized carbons (Fsp3) is 0.400. The molecule has 52 valence electrons. The maximum Gasteiger partial charge on any atom is 0.326 e. The van der Waals surface area contributed by atoms with Gasteiger partial charge in [-0.2, -0.15) is 10.4 Å². The van der Waals surface area contributed by atoms with E-state index in [0.717, 1.165) is 16.0 Å². The summed E-state index contributed by atoms with van der Waals surface area (Å²) >= 11 is 1.05. The Morgan fingerprint density at radius 1 is 1.90 bits per heavy atom. The molecule has 0 N–H and O–H groups in total. The molecular formula is C5H5N3OS. The summed E-state index contributed by atoms with van der Waals surface area (Å²) in [5.74, 6) is 0. The van der Waals surface area contributed by atoms with Gasteiger partial charge in [0.2, 0.25) is 0 Å². The molecule has 5 heteroatoms. The van der Waals surface area contributed by atoms with Crippen molar-refractivity contribution < 1.29 is 0 Å². The Kier molecular flexibility index (Phi) is 1.83. The molecule has 0 aliphatic heterocycles. The van der Waals surface area contributed by atoms with Gasteiger partial charge in [-0.25, -0.2) is 4.68 Å². The van der Waals surface area contributed by atoms with Crippen LogP contribution in [0.4, 0.5) is 0 Å². The van der Waals surface area contributed by atoms with Crippen LogP contribution in [0.3, 0.4) is 0 Å². The second-order valence-corrected chi connectivity index (χ2v) is 2.85. The van der Waals surface area contributed by atoms with Gasteiger partial charge in [0.25, 0.3) is 0 Å². The Bertz CT molecular complexity index is 318. The van der Waals surface area contributed by atoms with E-state index >= 15 is 0 Å². The number of rotatable bonds is 1. The lowest BCUT2D eigenvalue weighted by Crippen LogP contribution is -2.13. The fourth-order valence-electron chi connectivity index (χ4n) is 0.577. The molecule has 0 amide bonds. The number of hydrogen-bond acceptors (Lipinski definition) is 4. The lowest BCUT2D eigenvalue weighted by Gasteiger charge is -1.84. The topological polar surface area (TPSA) is 58.7 Å². The van der Waals surface area contributed by atoms with Crippen LogP contribution in [0.15, 0.2) is 4.79 Å². The van der Waals surface area contributed by atoms with Crippen molar-refractivity contribution in [2.45, 2.75) is 13.5 Å². The fourth-order valence-corrected chi connectivity index (χ4v) is 1.18. The maximum absolute atomic E-state index is 10.8. The first-order chi connectivity index (χ1) is 4.74. The van der Waals surface area contributed by atoms with Gasteiger partial charge in [-0.1, -0.05) is 11.3 Å². The molecule has 0 aliphatic rings. The number of hydrogen-bond donors (Lipinski definition) is 0. The third kappa shape index (κ3) is 1.22. The third-order valence-corrected chi connectivity index (χ3v) is 1.69. The highest BCUT2D eigenvalue weighted by Crippen LogP contribution is 1.93. The van der Waals surface area contributed by atoms with E-state index in [0.29, 0.717) is 5.01 Å². The van der Waals surface area contributed by atoms with Gasteiger partial charge in [-0.3, -0.25) is 4.79 Å². The predicted octanol–water partition coefficient (Wildman–Crippen LogP) is 0.137. The second kappa shape index (κ2) is 2.62. The molecule has 0 spiro atoms. The van der Waals surface area contributed by atoms with E-state index in [9.17, 15) is 4.79 Å². The van der Waals surface area contributed by atoms with Crippen LogP contribution in [0.1, 0.15) is 5.01 Å². The average Bonchev–Trinajstić information content (AvgIpc) is 2.13. The number of nitrogens with zero attached hydrogens (tertiary/aromatic N) is 3. The molecule has 0 saturated heterocycles. The average molecular weight is 155 g/mol.